The summed E-state index contributed by atoms with van der Waals surface area (Å²) in [6, 6.07) is 8.15. The summed E-state index contributed by atoms with van der Waals surface area (Å²) >= 11 is 5.57. The van der Waals surface area contributed by atoms with Crippen LogP contribution in [0.1, 0.15) is 18.4 Å². The maximum Gasteiger partial charge on any atom is 0.303 e. The number of carboxylic acids is 1. The molecule has 0 aliphatic carbocycles. The number of hydrogen-bond donors (Lipinski definition) is 1. The summed E-state index contributed by atoms with van der Waals surface area (Å²) in [4.78, 5) is 10.6. The molecule has 0 bridgehead atoms. The number of carbonyl (C=O) groups is 1. The minimum Gasteiger partial charge on any atom is -0.481 e. The van der Waals surface area contributed by atoms with E-state index < -0.39 is 5.97 Å². The van der Waals surface area contributed by atoms with E-state index in [1.165, 1.54) is 16.5 Å². The van der Waals surface area contributed by atoms with Crippen LogP contribution in [0.15, 0.2) is 42.1 Å². The van der Waals surface area contributed by atoms with Crippen LogP contribution in [0.2, 0.25) is 0 Å². The van der Waals surface area contributed by atoms with Crippen LogP contribution in [0.5, 0.6) is 0 Å². The first-order valence-electron chi connectivity index (χ1n) is 6.26. The molecule has 0 aliphatic rings. The molecule has 0 unspecified atom stereocenters. The van der Waals surface area contributed by atoms with Crippen molar-refractivity contribution in [3.63, 3.8) is 0 Å². The molecule has 19 heavy (non-hydrogen) atoms. The largest absolute Gasteiger partial charge is 0.481 e. The Labute approximate surface area is 117 Å². The van der Waals surface area contributed by atoms with Crippen molar-refractivity contribution in [1.82, 2.24) is 4.57 Å². The van der Waals surface area contributed by atoms with Crippen molar-refractivity contribution in [3.05, 3.63) is 47.6 Å². The smallest absolute Gasteiger partial charge is 0.303 e. The summed E-state index contributed by atoms with van der Waals surface area (Å²) in [6.07, 6.45) is 5.62. The summed E-state index contributed by atoms with van der Waals surface area (Å²) in [5, 5.41) is 9.89. The lowest BCUT2D eigenvalue weighted by molar-refractivity contribution is -0.137. The number of halogens is 1. The molecule has 0 spiro atoms. The molecule has 1 aromatic carbocycles. The highest BCUT2D eigenvalue weighted by Gasteiger charge is 2.07. The van der Waals surface area contributed by atoms with E-state index in [4.69, 9.17) is 16.7 Å². The first kappa shape index (κ1) is 13.7. The van der Waals surface area contributed by atoms with Gasteiger partial charge in [0, 0.05) is 35.6 Å². The van der Waals surface area contributed by atoms with Gasteiger partial charge >= 0.3 is 5.97 Å². The molecule has 100 valence electrons. The van der Waals surface area contributed by atoms with Crippen LogP contribution in [0, 0.1) is 0 Å². The van der Waals surface area contributed by atoms with Crippen LogP contribution in [-0.2, 0) is 17.8 Å². The molecule has 0 atom stereocenters. The highest BCUT2D eigenvalue weighted by molar-refractivity contribution is 6.25. The standard InChI is InChI=1S/C15H16ClNO2/c16-9-4-10-17-11-12(5-3-8-15(18)19)13-6-1-2-7-14(13)17/h1-2,4,6-7,9,11H,3,5,8,10H2,(H,18,19)/b9-4+. The van der Waals surface area contributed by atoms with E-state index in [0.717, 1.165) is 18.5 Å². The van der Waals surface area contributed by atoms with E-state index in [2.05, 4.69) is 22.9 Å². The minimum absolute atomic E-state index is 0.209. The zero-order valence-corrected chi connectivity index (χ0v) is 11.3. The third-order valence-electron chi connectivity index (χ3n) is 3.10. The monoisotopic (exact) mass is 277 g/mol. The van der Waals surface area contributed by atoms with E-state index in [1.54, 1.807) is 0 Å². The maximum absolute atomic E-state index is 10.6. The highest BCUT2D eigenvalue weighted by atomic mass is 35.5. The quantitative estimate of drug-likeness (QED) is 0.873. The van der Waals surface area contributed by atoms with Crippen LogP contribution in [0.3, 0.4) is 0 Å². The average molecular weight is 278 g/mol. The van der Waals surface area contributed by atoms with E-state index in [-0.39, 0.29) is 6.42 Å². The van der Waals surface area contributed by atoms with E-state index in [0.29, 0.717) is 6.42 Å². The van der Waals surface area contributed by atoms with Crippen LogP contribution in [0.25, 0.3) is 10.9 Å². The molecule has 0 saturated carbocycles. The summed E-state index contributed by atoms with van der Waals surface area (Å²) in [5.41, 5.74) is 3.86. The van der Waals surface area contributed by atoms with Gasteiger partial charge in [-0.15, -0.1) is 0 Å². The Hall–Kier alpha value is -1.74. The van der Waals surface area contributed by atoms with Gasteiger partial charge < -0.3 is 9.67 Å². The fourth-order valence-electron chi connectivity index (χ4n) is 2.26. The first-order chi connectivity index (χ1) is 9.22. The summed E-state index contributed by atoms with van der Waals surface area (Å²) in [7, 11) is 0. The Bertz CT molecular complexity index is 601. The molecule has 3 nitrogen and oxygen atoms in total. The van der Waals surface area contributed by atoms with Gasteiger partial charge in [0.25, 0.3) is 0 Å². The third kappa shape index (κ3) is 3.38. The number of aryl methyl sites for hydroxylation is 1. The number of para-hydroxylation sites is 1. The molecule has 0 amide bonds. The molecule has 0 saturated heterocycles. The normalized spacial score (nSPS) is 11.4. The lowest BCUT2D eigenvalue weighted by atomic mass is 10.1. The zero-order valence-electron chi connectivity index (χ0n) is 10.6. The van der Waals surface area contributed by atoms with Gasteiger partial charge in [0.1, 0.15) is 0 Å². The van der Waals surface area contributed by atoms with Crippen molar-refractivity contribution in [2.24, 2.45) is 0 Å². The average Bonchev–Trinajstić information content (AvgIpc) is 2.75. The number of rotatable bonds is 6. The fourth-order valence-corrected chi connectivity index (χ4v) is 2.34. The predicted molar refractivity (Wildman–Crippen MR) is 77.5 cm³/mol. The second-order valence-electron chi connectivity index (χ2n) is 4.43. The Kier molecular flexibility index (Phi) is 4.63. The van der Waals surface area contributed by atoms with Crippen LogP contribution in [0.4, 0.5) is 0 Å². The summed E-state index contributed by atoms with van der Waals surface area (Å²) in [6.45, 7) is 0.725. The van der Waals surface area contributed by atoms with Crippen molar-refractivity contribution < 1.29 is 9.90 Å². The van der Waals surface area contributed by atoms with Crippen LogP contribution >= 0.6 is 11.6 Å². The topological polar surface area (TPSA) is 42.2 Å². The van der Waals surface area contributed by atoms with Crippen molar-refractivity contribution in [3.8, 4) is 0 Å². The Morgan fingerprint density at radius 1 is 1.37 bits per heavy atom. The molecule has 1 heterocycles. The number of allylic oxidation sites excluding steroid dienone is 1. The SMILES string of the molecule is O=C(O)CCCc1cn(C/C=C/Cl)c2ccccc12. The lowest BCUT2D eigenvalue weighted by Crippen LogP contribution is -1.95. The van der Waals surface area contributed by atoms with E-state index in [1.807, 2.05) is 18.2 Å². The minimum atomic E-state index is -0.742. The third-order valence-corrected chi connectivity index (χ3v) is 3.28. The molecule has 1 aromatic heterocycles. The Balaban J connectivity index is 2.25. The molecular formula is C15H16ClNO2. The summed E-state index contributed by atoms with van der Waals surface area (Å²) < 4.78 is 2.13. The lowest BCUT2D eigenvalue weighted by Gasteiger charge is -1.99. The van der Waals surface area contributed by atoms with Crippen molar-refractivity contribution in [2.75, 3.05) is 0 Å². The first-order valence-corrected chi connectivity index (χ1v) is 6.70. The molecule has 1 N–H and O–H groups in total. The van der Waals surface area contributed by atoms with Gasteiger partial charge in [-0.1, -0.05) is 35.9 Å². The van der Waals surface area contributed by atoms with Gasteiger partial charge in [0.05, 0.1) is 0 Å². The second kappa shape index (κ2) is 6.43. The molecule has 0 aliphatic heterocycles. The number of benzene rings is 1. The van der Waals surface area contributed by atoms with Gasteiger partial charge in [0.2, 0.25) is 0 Å². The van der Waals surface area contributed by atoms with Gasteiger partial charge in [0.15, 0.2) is 0 Å². The number of aliphatic carboxylic acids is 1. The van der Waals surface area contributed by atoms with E-state index in [9.17, 15) is 4.79 Å². The molecule has 2 aromatic rings. The molecule has 0 fully saturated rings. The molecule has 2 rings (SSSR count). The van der Waals surface area contributed by atoms with Crippen molar-refractivity contribution in [2.45, 2.75) is 25.8 Å². The molecular weight excluding hydrogens is 262 g/mol. The van der Waals surface area contributed by atoms with Gasteiger partial charge in [-0.25, -0.2) is 0 Å². The Morgan fingerprint density at radius 2 is 2.16 bits per heavy atom. The predicted octanol–water partition coefficient (Wildman–Crippen LogP) is 3.80. The van der Waals surface area contributed by atoms with E-state index >= 15 is 0 Å². The zero-order chi connectivity index (χ0) is 13.7. The fraction of sp³-hybridized carbons (Fsp3) is 0.267. The molecule has 4 heteroatoms. The van der Waals surface area contributed by atoms with Crippen LogP contribution < -0.4 is 0 Å². The van der Waals surface area contributed by atoms with Crippen molar-refractivity contribution in [1.29, 1.82) is 0 Å². The number of fused-ring (bicyclic) bond motifs is 1. The van der Waals surface area contributed by atoms with Crippen molar-refractivity contribution >= 4 is 28.5 Å². The highest BCUT2D eigenvalue weighted by Crippen LogP contribution is 2.23. The van der Waals surface area contributed by atoms with Crippen LogP contribution in [-0.4, -0.2) is 15.6 Å². The van der Waals surface area contributed by atoms with Gasteiger partial charge in [-0.2, -0.15) is 0 Å². The van der Waals surface area contributed by atoms with Gasteiger partial charge in [-0.3, -0.25) is 4.79 Å². The number of carboxylic acid groups (broad SMARTS) is 1. The molecule has 0 radical (unpaired) electrons. The number of nitrogens with zero attached hydrogens (tertiary/aromatic N) is 1. The number of hydrogen-bond acceptors (Lipinski definition) is 1. The summed E-state index contributed by atoms with van der Waals surface area (Å²) in [5.74, 6) is -0.742. The maximum atomic E-state index is 10.6. The Morgan fingerprint density at radius 3 is 2.89 bits per heavy atom. The number of aromatic nitrogens is 1. The second-order valence-corrected chi connectivity index (χ2v) is 4.68. The van der Waals surface area contributed by atoms with Gasteiger partial charge in [-0.05, 0) is 24.5 Å².